The van der Waals surface area contributed by atoms with Crippen LogP contribution in [0.15, 0.2) is 48.5 Å². The predicted molar refractivity (Wildman–Crippen MR) is 72.2 cm³/mol. The number of benzene rings is 2. The van der Waals surface area contributed by atoms with E-state index in [9.17, 15) is 4.79 Å². The quantitative estimate of drug-likeness (QED) is 0.544. The summed E-state index contributed by atoms with van der Waals surface area (Å²) in [5.41, 5.74) is 3.12. The van der Waals surface area contributed by atoms with Crippen molar-refractivity contribution in [1.29, 1.82) is 0 Å². The Morgan fingerprint density at radius 1 is 0.889 bits per heavy atom. The maximum atomic E-state index is 10.5. The number of carbonyl (C=O) groups excluding carboxylic acids is 1. The first kappa shape index (κ1) is 11.7. The molecule has 0 aliphatic rings. The van der Waals surface area contributed by atoms with Crippen LogP contribution < -0.4 is 0 Å². The Kier molecular flexibility index (Phi) is 3.59. The zero-order valence-electron chi connectivity index (χ0n) is 9.68. The van der Waals surface area contributed by atoms with Crippen LogP contribution in [0, 0.1) is 24.2 Å². The van der Waals surface area contributed by atoms with Crippen LogP contribution in [0.1, 0.15) is 27.0 Å². The number of terminal acetylenes is 1. The van der Waals surface area contributed by atoms with Gasteiger partial charge >= 0.3 is 0 Å². The van der Waals surface area contributed by atoms with Gasteiger partial charge < -0.3 is 0 Å². The highest BCUT2D eigenvalue weighted by Crippen LogP contribution is 2.06. The van der Waals surface area contributed by atoms with E-state index in [0.717, 1.165) is 23.0 Å². The van der Waals surface area contributed by atoms with Gasteiger partial charge in [-0.3, -0.25) is 4.79 Å². The fourth-order valence-corrected chi connectivity index (χ4v) is 1.50. The van der Waals surface area contributed by atoms with E-state index in [1.807, 2.05) is 36.4 Å². The minimum atomic E-state index is 0.643. The molecular formula is C17H10O. The third-order valence-corrected chi connectivity index (χ3v) is 2.47. The van der Waals surface area contributed by atoms with Crippen LogP contribution in [0.5, 0.6) is 0 Å². The van der Waals surface area contributed by atoms with Crippen molar-refractivity contribution in [2.75, 3.05) is 0 Å². The molecule has 0 unspecified atom stereocenters. The topological polar surface area (TPSA) is 17.1 Å². The van der Waals surface area contributed by atoms with E-state index in [2.05, 4.69) is 17.8 Å². The van der Waals surface area contributed by atoms with Crippen LogP contribution in [0.2, 0.25) is 0 Å². The van der Waals surface area contributed by atoms with Crippen LogP contribution in [-0.2, 0) is 0 Å². The Bertz CT molecular complexity index is 661. The van der Waals surface area contributed by atoms with Gasteiger partial charge in [-0.1, -0.05) is 42.0 Å². The molecular weight excluding hydrogens is 220 g/mol. The first-order valence-electron chi connectivity index (χ1n) is 5.46. The molecule has 0 amide bonds. The summed E-state index contributed by atoms with van der Waals surface area (Å²) < 4.78 is 0. The zero-order chi connectivity index (χ0) is 12.8. The molecule has 0 aliphatic heterocycles. The lowest BCUT2D eigenvalue weighted by molar-refractivity contribution is 0.112. The Morgan fingerprint density at radius 2 is 1.56 bits per heavy atom. The average Bonchev–Trinajstić information content (AvgIpc) is 2.46. The SMILES string of the molecule is C#Cc1ccccc1C#Cc1ccc(C=O)cc1. The lowest BCUT2D eigenvalue weighted by Crippen LogP contribution is -1.83. The Morgan fingerprint density at radius 3 is 2.17 bits per heavy atom. The van der Waals surface area contributed by atoms with Crippen molar-refractivity contribution in [3.8, 4) is 24.2 Å². The van der Waals surface area contributed by atoms with E-state index in [0.29, 0.717) is 5.56 Å². The standard InChI is InChI=1S/C17H10O/c1-2-16-5-3-4-6-17(16)12-11-14-7-9-15(13-18)10-8-14/h1,3-10,13H. The van der Waals surface area contributed by atoms with Gasteiger partial charge in [0.2, 0.25) is 0 Å². The van der Waals surface area contributed by atoms with Gasteiger partial charge in [0.1, 0.15) is 6.29 Å². The van der Waals surface area contributed by atoms with Gasteiger partial charge in [0, 0.05) is 22.3 Å². The molecule has 0 fully saturated rings. The molecule has 2 rings (SSSR count). The molecule has 0 bridgehead atoms. The number of carbonyl (C=O) groups is 1. The Balaban J connectivity index is 2.31. The molecule has 2 aromatic rings. The highest BCUT2D eigenvalue weighted by Gasteiger charge is 1.94. The summed E-state index contributed by atoms with van der Waals surface area (Å²) in [4.78, 5) is 10.5. The fourth-order valence-electron chi connectivity index (χ4n) is 1.50. The number of aldehydes is 1. The summed E-state index contributed by atoms with van der Waals surface area (Å²) in [5.74, 6) is 8.66. The summed E-state index contributed by atoms with van der Waals surface area (Å²) in [5, 5.41) is 0. The maximum Gasteiger partial charge on any atom is 0.150 e. The van der Waals surface area contributed by atoms with Crippen molar-refractivity contribution in [2.45, 2.75) is 0 Å². The molecule has 0 N–H and O–H groups in total. The van der Waals surface area contributed by atoms with Crippen molar-refractivity contribution in [1.82, 2.24) is 0 Å². The monoisotopic (exact) mass is 230 g/mol. The number of rotatable bonds is 1. The molecule has 18 heavy (non-hydrogen) atoms. The van der Waals surface area contributed by atoms with Gasteiger partial charge in [0.25, 0.3) is 0 Å². The molecule has 1 heteroatoms. The first-order chi connectivity index (χ1) is 8.83. The Hall–Kier alpha value is -2.77. The molecule has 0 heterocycles. The molecule has 0 radical (unpaired) electrons. The fraction of sp³-hybridized carbons (Fsp3) is 0. The molecule has 1 nitrogen and oxygen atoms in total. The number of hydrogen-bond acceptors (Lipinski definition) is 1. The van der Waals surface area contributed by atoms with E-state index >= 15 is 0 Å². The van der Waals surface area contributed by atoms with E-state index in [1.54, 1.807) is 12.1 Å². The molecule has 0 aliphatic carbocycles. The van der Waals surface area contributed by atoms with Crippen molar-refractivity contribution in [3.63, 3.8) is 0 Å². The summed E-state index contributed by atoms with van der Waals surface area (Å²) in [6, 6.07) is 14.7. The molecule has 0 saturated heterocycles. The van der Waals surface area contributed by atoms with E-state index in [-0.39, 0.29) is 0 Å². The van der Waals surface area contributed by atoms with E-state index in [1.165, 1.54) is 0 Å². The van der Waals surface area contributed by atoms with Crippen LogP contribution in [0.25, 0.3) is 0 Å². The maximum absolute atomic E-state index is 10.5. The minimum Gasteiger partial charge on any atom is -0.298 e. The van der Waals surface area contributed by atoms with E-state index in [4.69, 9.17) is 6.42 Å². The van der Waals surface area contributed by atoms with Crippen LogP contribution in [0.4, 0.5) is 0 Å². The van der Waals surface area contributed by atoms with Gasteiger partial charge in [-0.2, -0.15) is 0 Å². The van der Waals surface area contributed by atoms with Crippen molar-refractivity contribution in [2.24, 2.45) is 0 Å². The lowest BCUT2D eigenvalue weighted by atomic mass is 10.1. The summed E-state index contributed by atoms with van der Waals surface area (Å²) in [7, 11) is 0. The molecule has 84 valence electrons. The highest BCUT2D eigenvalue weighted by molar-refractivity contribution is 5.74. The second kappa shape index (κ2) is 5.53. The van der Waals surface area contributed by atoms with E-state index < -0.39 is 0 Å². The smallest absolute Gasteiger partial charge is 0.150 e. The molecule has 0 atom stereocenters. The third kappa shape index (κ3) is 2.67. The van der Waals surface area contributed by atoms with Gasteiger partial charge in [-0.25, -0.2) is 0 Å². The van der Waals surface area contributed by atoms with Gasteiger partial charge in [0.15, 0.2) is 0 Å². The van der Waals surface area contributed by atoms with Gasteiger partial charge in [-0.05, 0) is 24.3 Å². The summed E-state index contributed by atoms with van der Waals surface area (Å²) >= 11 is 0. The normalized spacial score (nSPS) is 8.83. The third-order valence-electron chi connectivity index (χ3n) is 2.47. The van der Waals surface area contributed by atoms with Gasteiger partial charge in [-0.15, -0.1) is 6.42 Å². The summed E-state index contributed by atoms with van der Waals surface area (Å²) in [6.07, 6.45) is 6.21. The molecule has 0 spiro atoms. The summed E-state index contributed by atoms with van der Waals surface area (Å²) in [6.45, 7) is 0. The van der Waals surface area contributed by atoms with Crippen molar-refractivity contribution >= 4 is 6.29 Å². The lowest BCUT2D eigenvalue weighted by Gasteiger charge is -1.95. The van der Waals surface area contributed by atoms with Crippen LogP contribution in [-0.4, -0.2) is 6.29 Å². The molecule has 0 saturated carbocycles. The van der Waals surface area contributed by atoms with Crippen molar-refractivity contribution in [3.05, 3.63) is 70.8 Å². The second-order valence-corrected chi connectivity index (χ2v) is 3.68. The highest BCUT2D eigenvalue weighted by atomic mass is 16.1. The van der Waals surface area contributed by atoms with Crippen LogP contribution in [0.3, 0.4) is 0 Å². The molecule has 0 aromatic heterocycles. The zero-order valence-corrected chi connectivity index (χ0v) is 9.68. The first-order valence-corrected chi connectivity index (χ1v) is 5.46. The predicted octanol–water partition coefficient (Wildman–Crippen LogP) is 2.88. The van der Waals surface area contributed by atoms with Crippen molar-refractivity contribution < 1.29 is 4.79 Å². The average molecular weight is 230 g/mol. The number of hydrogen-bond donors (Lipinski definition) is 0. The Labute approximate surface area is 106 Å². The van der Waals surface area contributed by atoms with Gasteiger partial charge in [0.05, 0.1) is 0 Å². The van der Waals surface area contributed by atoms with Crippen LogP contribution >= 0.6 is 0 Å². The second-order valence-electron chi connectivity index (χ2n) is 3.68. The molecule has 2 aromatic carbocycles. The minimum absolute atomic E-state index is 0.643. The largest absolute Gasteiger partial charge is 0.298 e.